The summed E-state index contributed by atoms with van der Waals surface area (Å²) in [5, 5.41) is 0. The van der Waals surface area contributed by atoms with Crippen LogP contribution in [0.4, 0.5) is 0 Å². The molecular formula is C4H8OV. The maximum atomic E-state index is 4.94. The third-order valence-electron chi connectivity index (χ3n) is 0.827. The van der Waals surface area contributed by atoms with Crippen molar-refractivity contribution in [2.45, 2.75) is 12.8 Å². The monoisotopic (exact) mass is 123 g/mol. The van der Waals surface area contributed by atoms with Crippen LogP contribution in [0.25, 0.3) is 0 Å². The second-order valence-electron chi connectivity index (χ2n) is 1.32. The van der Waals surface area contributed by atoms with Crippen molar-refractivity contribution in [3.8, 4) is 0 Å². The Morgan fingerprint density at radius 2 is 1.50 bits per heavy atom. The summed E-state index contributed by atoms with van der Waals surface area (Å²) in [5.74, 6) is 0. The van der Waals surface area contributed by atoms with Gasteiger partial charge in [-0.2, -0.15) is 0 Å². The van der Waals surface area contributed by atoms with E-state index in [4.69, 9.17) is 4.74 Å². The molecule has 1 saturated heterocycles. The van der Waals surface area contributed by atoms with E-state index in [1.54, 1.807) is 0 Å². The van der Waals surface area contributed by atoms with Crippen LogP contribution in [0, 0.1) is 0 Å². The number of hydrogen-bond donors (Lipinski definition) is 0. The summed E-state index contributed by atoms with van der Waals surface area (Å²) in [5.41, 5.74) is 0. The van der Waals surface area contributed by atoms with Gasteiger partial charge < -0.3 is 4.74 Å². The molecule has 0 aromatic carbocycles. The van der Waals surface area contributed by atoms with E-state index < -0.39 is 0 Å². The number of hydrogen-bond acceptors (Lipinski definition) is 1. The van der Waals surface area contributed by atoms with Crippen molar-refractivity contribution < 1.29 is 23.3 Å². The molecule has 0 unspecified atom stereocenters. The van der Waals surface area contributed by atoms with Crippen LogP contribution in [0.1, 0.15) is 12.8 Å². The molecule has 0 atom stereocenters. The van der Waals surface area contributed by atoms with Crippen LogP contribution < -0.4 is 0 Å². The fourth-order valence-corrected chi connectivity index (χ4v) is 0.510. The fraction of sp³-hybridized carbons (Fsp3) is 1.00. The van der Waals surface area contributed by atoms with Gasteiger partial charge in [-0.1, -0.05) is 0 Å². The van der Waals surface area contributed by atoms with Gasteiger partial charge in [0.25, 0.3) is 0 Å². The summed E-state index contributed by atoms with van der Waals surface area (Å²) in [6.07, 6.45) is 2.56. The van der Waals surface area contributed by atoms with Crippen LogP contribution in [0.5, 0.6) is 0 Å². The van der Waals surface area contributed by atoms with Gasteiger partial charge in [-0.15, -0.1) is 0 Å². The molecule has 0 N–H and O–H groups in total. The maximum Gasteiger partial charge on any atom is 0.0466 e. The number of ether oxygens (including phenoxy) is 1. The summed E-state index contributed by atoms with van der Waals surface area (Å²) in [7, 11) is 0. The molecule has 1 nitrogen and oxygen atoms in total. The summed E-state index contributed by atoms with van der Waals surface area (Å²) in [6.45, 7) is 2.00. The second-order valence-corrected chi connectivity index (χ2v) is 1.32. The molecule has 6 heavy (non-hydrogen) atoms. The van der Waals surface area contributed by atoms with E-state index in [-0.39, 0.29) is 18.6 Å². The van der Waals surface area contributed by atoms with Crippen molar-refractivity contribution in [1.82, 2.24) is 0 Å². The minimum Gasteiger partial charge on any atom is -0.381 e. The quantitative estimate of drug-likeness (QED) is 0.462. The van der Waals surface area contributed by atoms with Gasteiger partial charge in [-0.3, -0.25) is 0 Å². The predicted octanol–water partition coefficient (Wildman–Crippen LogP) is 0.794. The van der Waals surface area contributed by atoms with Crippen molar-refractivity contribution in [3.63, 3.8) is 0 Å². The molecule has 1 fully saturated rings. The average molecular weight is 123 g/mol. The average Bonchev–Trinajstić information content (AvgIpc) is 1.76. The van der Waals surface area contributed by atoms with E-state index in [1.807, 2.05) is 0 Å². The Morgan fingerprint density at radius 3 is 1.67 bits per heavy atom. The van der Waals surface area contributed by atoms with Crippen LogP contribution >= 0.6 is 0 Å². The van der Waals surface area contributed by atoms with Gasteiger partial charge in [0.05, 0.1) is 0 Å². The van der Waals surface area contributed by atoms with Crippen molar-refractivity contribution in [2.24, 2.45) is 0 Å². The van der Waals surface area contributed by atoms with Crippen LogP contribution in [-0.2, 0) is 23.3 Å². The molecule has 1 radical (unpaired) electrons. The van der Waals surface area contributed by atoms with Gasteiger partial charge in [0.2, 0.25) is 0 Å². The SMILES string of the molecule is C1CCOC1.[V]. The van der Waals surface area contributed by atoms with Crippen molar-refractivity contribution in [1.29, 1.82) is 0 Å². The molecule has 0 aromatic heterocycles. The largest absolute Gasteiger partial charge is 0.381 e. The molecule has 0 amide bonds. The zero-order valence-electron chi connectivity index (χ0n) is 3.68. The molecule has 0 aromatic rings. The minimum absolute atomic E-state index is 0. The summed E-state index contributed by atoms with van der Waals surface area (Å²) < 4.78 is 4.94. The molecule has 0 spiro atoms. The first-order valence-electron chi connectivity index (χ1n) is 2.08. The van der Waals surface area contributed by atoms with Crippen molar-refractivity contribution in [2.75, 3.05) is 13.2 Å². The molecule has 1 rings (SSSR count). The first kappa shape index (κ1) is 6.54. The normalized spacial score (nSPS) is 20.0. The van der Waals surface area contributed by atoms with Crippen LogP contribution in [0.3, 0.4) is 0 Å². The van der Waals surface area contributed by atoms with E-state index in [0.717, 1.165) is 13.2 Å². The third kappa shape index (κ3) is 1.86. The van der Waals surface area contributed by atoms with Gasteiger partial charge in [0.1, 0.15) is 0 Å². The fourth-order valence-electron chi connectivity index (χ4n) is 0.510. The van der Waals surface area contributed by atoms with Gasteiger partial charge in [0, 0.05) is 31.8 Å². The maximum absolute atomic E-state index is 4.94. The zero-order chi connectivity index (χ0) is 3.54. The Morgan fingerprint density at radius 1 is 1.00 bits per heavy atom. The Kier molecular flexibility index (Phi) is 4.06. The summed E-state index contributed by atoms with van der Waals surface area (Å²) in [4.78, 5) is 0. The van der Waals surface area contributed by atoms with E-state index >= 15 is 0 Å². The molecule has 1 aliphatic rings. The standard InChI is InChI=1S/C4H8O.V/c1-2-4-5-3-1;/h1-4H2;. The van der Waals surface area contributed by atoms with Crippen molar-refractivity contribution in [3.05, 3.63) is 0 Å². The van der Waals surface area contributed by atoms with E-state index in [0.29, 0.717) is 0 Å². The van der Waals surface area contributed by atoms with E-state index in [1.165, 1.54) is 12.8 Å². The summed E-state index contributed by atoms with van der Waals surface area (Å²) in [6, 6.07) is 0. The van der Waals surface area contributed by atoms with Gasteiger partial charge in [0.15, 0.2) is 0 Å². The molecule has 35 valence electrons. The predicted molar refractivity (Wildman–Crippen MR) is 20.1 cm³/mol. The van der Waals surface area contributed by atoms with E-state index in [2.05, 4.69) is 0 Å². The third-order valence-corrected chi connectivity index (χ3v) is 0.827. The molecule has 0 aliphatic carbocycles. The Labute approximate surface area is 49.9 Å². The number of rotatable bonds is 0. The van der Waals surface area contributed by atoms with Gasteiger partial charge >= 0.3 is 0 Å². The molecular weight excluding hydrogens is 115 g/mol. The molecule has 1 aliphatic heterocycles. The smallest absolute Gasteiger partial charge is 0.0466 e. The molecule has 2 heteroatoms. The van der Waals surface area contributed by atoms with Gasteiger partial charge in [-0.25, -0.2) is 0 Å². The topological polar surface area (TPSA) is 9.23 Å². The Bertz CT molecular complexity index is 19.1. The Hall–Kier alpha value is 0.544. The molecule has 1 heterocycles. The van der Waals surface area contributed by atoms with Crippen LogP contribution in [0.15, 0.2) is 0 Å². The zero-order valence-corrected chi connectivity index (χ0v) is 5.08. The minimum atomic E-state index is 0. The summed E-state index contributed by atoms with van der Waals surface area (Å²) >= 11 is 0. The second kappa shape index (κ2) is 3.72. The van der Waals surface area contributed by atoms with Gasteiger partial charge in [-0.05, 0) is 12.8 Å². The van der Waals surface area contributed by atoms with Crippen LogP contribution in [-0.4, -0.2) is 13.2 Å². The molecule has 0 saturated carbocycles. The first-order chi connectivity index (χ1) is 2.50. The van der Waals surface area contributed by atoms with Crippen LogP contribution in [0.2, 0.25) is 0 Å². The van der Waals surface area contributed by atoms with Crippen molar-refractivity contribution >= 4 is 0 Å². The first-order valence-corrected chi connectivity index (χ1v) is 2.08. The molecule has 0 bridgehead atoms. The Balaban J connectivity index is 0.000000250. The van der Waals surface area contributed by atoms with E-state index in [9.17, 15) is 0 Å².